The quantitative estimate of drug-likeness (QED) is 0.859. The Hall–Kier alpha value is -1.46. The molecule has 1 aromatic carbocycles. The molecule has 0 spiro atoms. The van der Waals surface area contributed by atoms with Gasteiger partial charge in [0.15, 0.2) is 0 Å². The zero-order valence-corrected chi connectivity index (χ0v) is 13.1. The van der Waals surface area contributed by atoms with Crippen molar-refractivity contribution in [2.24, 2.45) is 0 Å². The summed E-state index contributed by atoms with van der Waals surface area (Å²) in [5.41, 5.74) is 1.85. The molecule has 1 saturated carbocycles. The molecule has 1 heterocycles. The number of rotatable bonds is 6. The van der Waals surface area contributed by atoms with E-state index in [1.165, 1.54) is 18.9 Å². The summed E-state index contributed by atoms with van der Waals surface area (Å²) in [6, 6.07) is 11.3. The highest BCUT2D eigenvalue weighted by molar-refractivity contribution is 9.10. The van der Waals surface area contributed by atoms with Gasteiger partial charge in [-0.05, 0) is 53.0 Å². The largest absolute Gasteiger partial charge is 0.487 e. The lowest BCUT2D eigenvalue weighted by Crippen LogP contribution is -2.16. The topological polar surface area (TPSA) is 34.1 Å². The maximum Gasteiger partial charge on any atom is 0.141 e. The van der Waals surface area contributed by atoms with Crippen LogP contribution >= 0.6 is 15.9 Å². The first-order valence-corrected chi connectivity index (χ1v) is 7.76. The summed E-state index contributed by atoms with van der Waals surface area (Å²) < 4.78 is 19.4. The molecule has 1 aromatic heterocycles. The van der Waals surface area contributed by atoms with Crippen molar-refractivity contribution in [3.8, 4) is 5.75 Å². The third kappa shape index (κ3) is 4.25. The number of aromatic nitrogens is 1. The smallest absolute Gasteiger partial charge is 0.141 e. The highest BCUT2D eigenvalue weighted by Crippen LogP contribution is 2.22. The Balaban J connectivity index is 1.58. The summed E-state index contributed by atoms with van der Waals surface area (Å²) in [5, 5.41) is 3.43. The lowest BCUT2D eigenvalue weighted by atomic mass is 10.3. The van der Waals surface area contributed by atoms with Crippen LogP contribution in [0, 0.1) is 5.82 Å². The molecular weight excluding hydrogens is 335 g/mol. The fourth-order valence-corrected chi connectivity index (χ4v) is 2.22. The molecule has 2 aromatic rings. The SMILES string of the molecule is Fc1cc(OCc2cccc(CNC3CC3)n2)ccc1Br. The Bertz CT molecular complexity index is 631. The maximum atomic E-state index is 13.4. The lowest BCUT2D eigenvalue weighted by Gasteiger charge is -2.08. The van der Waals surface area contributed by atoms with Crippen LogP contribution in [0.5, 0.6) is 5.75 Å². The van der Waals surface area contributed by atoms with Gasteiger partial charge < -0.3 is 10.1 Å². The van der Waals surface area contributed by atoms with E-state index in [9.17, 15) is 4.39 Å². The average Bonchev–Trinajstić information content (AvgIpc) is 3.31. The van der Waals surface area contributed by atoms with E-state index in [1.54, 1.807) is 12.1 Å². The van der Waals surface area contributed by atoms with Gasteiger partial charge in [0.25, 0.3) is 0 Å². The molecule has 1 N–H and O–H groups in total. The third-order valence-corrected chi connectivity index (χ3v) is 3.93. The molecule has 1 aliphatic carbocycles. The second-order valence-corrected chi connectivity index (χ2v) is 5.99. The van der Waals surface area contributed by atoms with Gasteiger partial charge in [0.2, 0.25) is 0 Å². The summed E-state index contributed by atoms with van der Waals surface area (Å²) in [6.07, 6.45) is 2.52. The van der Waals surface area contributed by atoms with E-state index in [4.69, 9.17) is 4.74 Å². The van der Waals surface area contributed by atoms with Crippen LogP contribution in [0.1, 0.15) is 24.2 Å². The van der Waals surface area contributed by atoms with Crippen LogP contribution < -0.4 is 10.1 Å². The Labute approximate surface area is 131 Å². The fourth-order valence-electron chi connectivity index (χ4n) is 1.97. The first-order chi connectivity index (χ1) is 10.2. The first kappa shape index (κ1) is 14.5. The van der Waals surface area contributed by atoms with Gasteiger partial charge >= 0.3 is 0 Å². The van der Waals surface area contributed by atoms with Crippen LogP contribution in [0.15, 0.2) is 40.9 Å². The molecule has 5 heteroatoms. The predicted octanol–water partition coefficient (Wildman–Crippen LogP) is 3.81. The van der Waals surface area contributed by atoms with E-state index in [2.05, 4.69) is 26.2 Å². The molecule has 110 valence electrons. The van der Waals surface area contributed by atoms with Crippen molar-refractivity contribution in [3.63, 3.8) is 0 Å². The molecule has 0 atom stereocenters. The van der Waals surface area contributed by atoms with Crippen LogP contribution in [-0.2, 0) is 13.2 Å². The van der Waals surface area contributed by atoms with Crippen molar-refractivity contribution in [1.29, 1.82) is 0 Å². The van der Waals surface area contributed by atoms with E-state index < -0.39 is 0 Å². The molecule has 0 bridgehead atoms. The molecule has 0 unspecified atom stereocenters. The maximum absolute atomic E-state index is 13.4. The number of pyridine rings is 1. The number of nitrogens with zero attached hydrogens (tertiary/aromatic N) is 1. The minimum atomic E-state index is -0.331. The van der Waals surface area contributed by atoms with Gasteiger partial charge in [-0.2, -0.15) is 0 Å². The lowest BCUT2D eigenvalue weighted by molar-refractivity contribution is 0.299. The van der Waals surface area contributed by atoms with Gasteiger partial charge in [-0.1, -0.05) is 6.07 Å². The van der Waals surface area contributed by atoms with Crippen molar-refractivity contribution in [1.82, 2.24) is 10.3 Å². The molecule has 21 heavy (non-hydrogen) atoms. The average molecular weight is 351 g/mol. The molecule has 3 nitrogen and oxygen atoms in total. The van der Waals surface area contributed by atoms with Crippen LogP contribution in [0.4, 0.5) is 4.39 Å². The van der Waals surface area contributed by atoms with Crippen LogP contribution in [0.3, 0.4) is 0 Å². The van der Waals surface area contributed by atoms with Gasteiger partial charge in [0.1, 0.15) is 18.2 Å². The zero-order chi connectivity index (χ0) is 14.7. The van der Waals surface area contributed by atoms with Crippen LogP contribution in [-0.4, -0.2) is 11.0 Å². The van der Waals surface area contributed by atoms with Crippen molar-refractivity contribution in [3.05, 3.63) is 58.1 Å². The molecule has 1 fully saturated rings. The summed E-state index contributed by atoms with van der Waals surface area (Å²) in [4.78, 5) is 4.54. The molecule has 0 saturated heterocycles. The fraction of sp³-hybridized carbons (Fsp3) is 0.312. The normalized spacial score (nSPS) is 14.2. The standard InChI is InChI=1S/C16H16BrFN2O/c17-15-7-6-14(8-16(15)18)21-10-13-3-1-2-12(20-13)9-19-11-4-5-11/h1-3,6-8,11,19H,4-5,9-10H2. The minimum Gasteiger partial charge on any atom is -0.487 e. The number of hydrogen-bond acceptors (Lipinski definition) is 3. The number of ether oxygens (including phenoxy) is 1. The first-order valence-electron chi connectivity index (χ1n) is 6.97. The second kappa shape index (κ2) is 6.54. The Kier molecular flexibility index (Phi) is 4.51. The van der Waals surface area contributed by atoms with Crippen molar-refractivity contribution >= 4 is 15.9 Å². The molecule has 0 aliphatic heterocycles. The van der Waals surface area contributed by atoms with E-state index in [0.717, 1.165) is 17.9 Å². The Morgan fingerprint density at radius 2 is 2.05 bits per heavy atom. The summed E-state index contributed by atoms with van der Waals surface area (Å²) >= 11 is 3.12. The second-order valence-electron chi connectivity index (χ2n) is 5.14. The van der Waals surface area contributed by atoms with E-state index in [-0.39, 0.29) is 5.82 Å². The molecule has 0 amide bonds. The number of nitrogens with one attached hydrogen (secondary N) is 1. The van der Waals surface area contributed by atoms with Gasteiger partial charge in [0.05, 0.1) is 15.9 Å². The van der Waals surface area contributed by atoms with Crippen LogP contribution in [0.25, 0.3) is 0 Å². The Morgan fingerprint density at radius 1 is 1.24 bits per heavy atom. The third-order valence-electron chi connectivity index (χ3n) is 3.29. The van der Waals surface area contributed by atoms with Crippen molar-refractivity contribution in [2.75, 3.05) is 0 Å². The minimum absolute atomic E-state index is 0.331. The number of hydrogen-bond donors (Lipinski definition) is 1. The molecule has 1 aliphatic rings. The highest BCUT2D eigenvalue weighted by atomic mass is 79.9. The van der Waals surface area contributed by atoms with E-state index in [1.807, 2.05) is 18.2 Å². The van der Waals surface area contributed by atoms with Crippen LogP contribution in [0.2, 0.25) is 0 Å². The number of halogens is 2. The van der Waals surface area contributed by atoms with E-state index in [0.29, 0.717) is 22.9 Å². The Morgan fingerprint density at radius 3 is 2.81 bits per heavy atom. The molecular formula is C16H16BrFN2O. The number of benzene rings is 1. The van der Waals surface area contributed by atoms with Gasteiger partial charge in [-0.25, -0.2) is 4.39 Å². The summed E-state index contributed by atoms with van der Waals surface area (Å²) in [7, 11) is 0. The van der Waals surface area contributed by atoms with Gasteiger partial charge in [0, 0.05) is 18.7 Å². The molecule has 0 radical (unpaired) electrons. The highest BCUT2D eigenvalue weighted by Gasteiger charge is 2.20. The van der Waals surface area contributed by atoms with E-state index >= 15 is 0 Å². The molecule has 3 rings (SSSR count). The zero-order valence-electron chi connectivity index (χ0n) is 11.5. The summed E-state index contributed by atoms with van der Waals surface area (Å²) in [6.45, 7) is 1.11. The van der Waals surface area contributed by atoms with Gasteiger partial charge in [-0.15, -0.1) is 0 Å². The summed E-state index contributed by atoms with van der Waals surface area (Å²) in [5.74, 6) is 0.168. The van der Waals surface area contributed by atoms with Crippen molar-refractivity contribution < 1.29 is 9.13 Å². The monoisotopic (exact) mass is 350 g/mol. The predicted molar refractivity (Wildman–Crippen MR) is 82.5 cm³/mol. The van der Waals surface area contributed by atoms with Gasteiger partial charge in [-0.3, -0.25) is 4.98 Å². The van der Waals surface area contributed by atoms with Crippen molar-refractivity contribution in [2.45, 2.75) is 32.0 Å².